The lowest BCUT2D eigenvalue weighted by Gasteiger charge is -2.29. The molecule has 0 radical (unpaired) electrons. The SMILES string of the molecule is Cc1ccc([S+](=O)([O-])N2CCn3c(nn(-c4ccc(F)cc4)c3=O)C2)cc1. The van der Waals surface area contributed by atoms with Gasteiger partial charge in [0.2, 0.25) is 0 Å². The maximum Gasteiger partial charge on any atom is 0.350 e. The Morgan fingerprint density at radius 3 is 2.41 bits per heavy atom. The van der Waals surface area contributed by atoms with Gasteiger partial charge < -0.3 is 4.55 Å². The van der Waals surface area contributed by atoms with Crippen molar-refractivity contribution in [3.8, 4) is 5.69 Å². The van der Waals surface area contributed by atoms with E-state index in [9.17, 15) is 17.9 Å². The predicted octanol–water partition coefficient (Wildman–Crippen LogP) is 1.90. The van der Waals surface area contributed by atoms with Gasteiger partial charge in [0.25, 0.3) is 0 Å². The molecule has 0 spiro atoms. The third-order valence-electron chi connectivity index (χ3n) is 4.56. The quantitative estimate of drug-likeness (QED) is 0.642. The first-order valence-corrected chi connectivity index (χ1v) is 9.82. The summed E-state index contributed by atoms with van der Waals surface area (Å²) in [5.41, 5.74) is 1.03. The number of benzene rings is 2. The lowest BCUT2D eigenvalue weighted by Crippen LogP contribution is -2.43. The monoisotopic (exact) mass is 388 g/mol. The lowest BCUT2D eigenvalue weighted by molar-refractivity contribution is 0.300. The van der Waals surface area contributed by atoms with Crippen molar-refractivity contribution in [3.63, 3.8) is 0 Å². The summed E-state index contributed by atoms with van der Waals surface area (Å²) in [6, 6.07) is 12.0. The Morgan fingerprint density at radius 2 is 1.74 bits per heavy atom. The summed E-state index contributed by atoms with van der Waals surface area (Å²) < 4.78 is 42.8. The molecule has 1 unspecified atom stereocenters. The molecule has 0 aliphatic carbocycles. The largest absolute Gasteiger partial charge is 0.593 e. The third kappa shape index (κ3) is 3.14. The molecular formula is C18H17FN4O3S. The van der Waals surface area contributed by atoms with Gasteiger partial charge in [-0.3, -0.25) is 4.57 Å². The Balaban J connectivity index is 1.66. The number of nitrogens with zero attached hydrogens (tertiary/aromatic N) is 4. The highest BCUT2D eigenvalue weighted by Gasteiger charge is 2.35. The molecule has 27 heavy (non-hydrogen) atoms. The Labute approximate surface area is 156 Å². The van der Waals surface area contributed by atoms with Crippen LogP contribution in [0.1, 0.15) is 11.4 Å². The molecule has 140 valence electrons. The first-order valence-electron chi connectivity index (χ1n) is 8.38. The van der Waals surface area contributed by atoms with Gasteiger partial charge in [0.1, 0.15) is 12.4 Å². The summed E-state index contributed by atoms with van der Waals surface area (Å²) in [5, 5.41) is 4.26. The fourth-order valence-corrected chi connectivity index (χ4v) is 4.43. The van der Waals surface area contributed by atoms with Gasteiger partial charge in [0, 0.05) is 6.54 Å². The average Bonchev–Trinajstić information content (AvgIpc) is 2.99. The van der Waals surface area contributed by atoms with Crippen molar-refractivity contribution in [2.75, 3.05) is 6.54 Å². The molecule has 0 fully saturated rings. The Bertz CT molecular complexity index is 1090. The molecule has 4 rings (SSSR count). The molecule has 7 nitrogen and oxygen atoms in total. The zero-order chi connectivity index (χ0) is 19.2. The zero-order valence-electron chi connectivity index (χ0n) is 14.5. The second-order valence-corrected chi connectivity index (χ2v) is 8.33. The van der Waals surface area contributed by atoms with Crippen LogP contribution in [-0.4, -0.2) is 29.8 Å². The number of hydrogen-bond acceptors (Lipinski definition) is 4. The van der Waals surface area contributed by atoms with Gasteiger partial charge in [-0.2, -0.15) is 4.68 Å². The van der Waals surface area contributed by atoms with Crippen LogP contribution < -0.4 is 5.69 Å². The van der Waals surface area contributed by atoms with E-state index >= 15 is 0 Å². The van der Waals surface area contributed by atoms with Crippen LogP contribution in [0, 0.1) is 12.7 Å². The lowest BCUT2D eigenvalue weighted by atomic mass is 10.2. The highest BCUT2D eigenvalue weighted by molar-refractivity contribution is 7.95. The maximum absolute atomic E-state index is 13.1. The van der Waals surface area contributed by atoms with Crippen LogP contribution in [0.4, 0.5) is 4.39 Å². The van der Waals surface area contributed by atoms with Gasteiger partial charge in [-0.15, -0.1) is 9.40 Å². The van der Waals surface area contributed by atoms with Gasteiger partial charge in [-0.05, 0) is 43.3 Å². The third-order valence-corrected chi connectivity index (χ3v) is 6.42. The molecular weight excluding hydrogens is 371 g/mol. The summed E-state index contributed by atoms with van der Waals surface area (Å²) in [7, 11) is -3.68. The van der Waals surface area contributed by atoms with Crippen molar-refractivity contribution in [2.24, 2.45) is 0 Å². The van der Waals surface area contributed by atoms with Crippen molar-refractivity contribution < 1.29 is 13.2 Å². The smallest absolute Gasteiger partial charge is 0.350 e. The van der Waals surface area contributed by atoms with Crippen molar-refractivity contribution in [1.29, 1.82) is 0 Å². The summed E-state index contributed by atoms with van der Waals surface area (Å²) in [4.78, 5) is 12.8. The molecule has 0 N–H and O–H groups in total. The second-order valence-electron chi connectivity index (χ2n) is 6.39. The Kier molecular flexibility index (Phi) is 4.29. The maximum atomic E-state index is 13.1. The van der Waals surface area contributed by atoms with Crippen molar-refractivity contribution in [3.05, 3.63) is 76.2 Å². The number of rotatable bonds is 3. The predicted molar refractivity (Wildman–Crippen MR) is 96.5 cm³/mol. The molecule has 2 aromatic carbocycles. The summed E-state index contributed by atoms with van der Waals surface area (Å²) in [5.74, 6) is -0.0580. The van der Waals surface area contributed by atoms with Crippen molar-refractivity contribution in [1.82, 2.24) is 18.7 Å². The molecule has 1 atom stereocenters. The van der Waals surface area contributed by atoms with Crippen LogP contribution in [0.3, 0.4) is 0 Å². The normalized spacial score (nSPS) is 16.7. The van der Waals surface area contributed by atoms with Gasteiger partial charge in [-0.1, -0.05) is 21.9 Å². The van der Waals surface area contributed by atoms with E-state index in [1.54, 1.807) is 24.3 Å². The molecule has 3 aromatic rings. The van der Waals surface area contributed by atoms with E-state index in [-0.39, 0.29) is 30.2 Å². The minimum atomic E-state index is -3.68. The van der Waals surface area contributed by atoms with Gasteiger partial charge >= 0.3 is 5.69 Å². The average molecular weight is 388 g/mol. The van der Waals surface area contributed by atoms with Gasteiger partial charge in [0.05, 0.1) is 12.2 Å². The first-order chi connectivity index (χ1) is 12.9. The number of sulfonamides is 1. The minimum Gasteiger partial charge on any atom is -0.593 e. The number of halogens is 1. The molecule has 2 heterocycles. The summed E-state index contributed by atoms with van der Waals surface area (Å²) in [6.07, 6.45) is 0. The molecule has 0 amide bonds. The zero-order valence-corrected chi connectivity index (χ0v) is 15.4. The van der Waals surface area contributed by atoms with E-state index in [0.29, 0.717) is 11.5 Å². The van der Waals surface area contributed by atoms with Crippen molar-refractivity contribution in [2.45, 2.75) is 24.9 Å². The number of fused-ring (bicyclic) bond motifs is 1. The van der Waals surface area contributed by atoms with Crippen LogP contribution in [0.15, 0.2) is 58.2 Å². The Hall–Kier alpha value is -2.62. The van der Waals surface area contributed by atoms with Gasteiger partial charge in [-0.25, -0.2) is 9.18 Å². The van der Waals surface area contributed by atoms with E-state index in [4.69, 9.17) is 0 Å². The number of aromatic nitrogens is 3. The number of aryl methyl sites for hydroxylation is 1. The topological polar surface area (TPSA) is 83.2 Å². The Morgan fingerprint density at radius 1 is 1.07 bits per heavy atom. The molecule has 1 aromatic heterocycles. The summed E-state index contributed by atoms with van der Waals surface area (Å²) >= 11 is 0. The molecule has 0 saturated heterocycles. The van der Waals surface area contributed by atoms with E-state index in [1.165, 1.54) is 33.1 Å². The highest BCUT2D eigenvalue weighted by atomic mass is 32.3. The van der Waals surface area contributed by atoms with Crippen LogP contribution in [0.2, 0.25) is 0 Å². The van der Waals surface area contributed by atoms with E-state index < -0.39 is 16.2 Å². The molecule has 1 aliphatic rings. The van der Waals surface area contributed by atoms with E-state index in [1.807, 2.05) is 6.92 Å². The number of hydrogen-bond donors (Lipinski definition) is 0. The van der Waals surface area contributed by atoms with Gasteiger partial charge in [0.15, 0.2) is 21.1 Å². The second kappa shape index (κ2) is 6.52. The van der Waals surface area contributed by atoms with Crippen LogP contribution in [-0.2, 0) is 27.7 Å². The molecule has 0 saturated carbocycles. The molecule has 1 aliphatic heterocycles. The van der Waals surface area contributed by atoms with Crippen LogP contribution in [0.5, 0.6) is 0 Å². The van der Waals surface area contributed by atoms with E-state index in [2.05, 4.69) is 5.10 Å². The van der Waals surface area contributed by atoms with Crippen LogP contribution >= 0.6 is 0 Å². The summed E-state index contributed by atoms with van der Waals surface area (Å²) in [6.45, 7) is 2.27. The van der Waals surface area contributed by atoms with Crippen molar-refractivity contribution >= 4 is 10.4 Å². The molecule has 0 bridgehead atoms. The fourth-order valence-electron chi connectivity index (χ4n) is 3.04. The van der Waals surface area contributed by atoms with E-state index in [0.717, 1.165) is 10.2 Å². The fraction of sp³-hybridized carbons (Fsp3) is 0.222. The first kappa shape index (κ1) is 17.8. The highest BCUT2D eigenvalue weighted by Crippen LogP contribution is 2.25. The van der Waals surface area contributed by atoms with Crippen LogP contribution in [0.25, 0.3) is 5.69 Å². The minimum absolute atomic E-state index is 0.000353. The molecule has 9 heteroatoms. The standard InChI is InChI=1S/C18H17FN4O3S/c1-13-2-8-16(9-3-13)27(25,26)21-10-11-22-17(12-21)20-23(18(22)24)15-6-4-14(19)5-7-15/h2-9H,10-12H2,1H3.